The van der Waals surface area contributed by atoms with Crippen molar-refractivity contribution in [3.8, 4) is 0 Å². The number of benzene rings is 1. The lowest BCUT2D eigenvalue weighted by Gasteiger charge is -2.36. The van der Waals surface area contributed by atoms with Crippen LogP contribution < -0.4 is 10.6 Å². The van der Waals surface area contributed by atoms with E-state index in [9.17, 15) is 0 Å². The molecule has 0 bridgehead atoms. The topological polar surface area (TPSA) is 44.9 Å². The van der Waals surface area contributed by atoms with Crippen molar-refractivity contribution in [3.63, 3.8) is 0 Å². The van der Waals surface area contributed by atoms with Crippen molar-refractivity contribution < 1.29 is 0 Å². The highest BCUT2D eigenvalue weighted by Gasteiger charge is 2.33. The molecular formula is C15H22ClIN4. The van der Waals surface area contributed by atoms with Crippen LogP contribution in [0.3, 0.4) is 0 Å². The van der Waals surface area contributed by atoms with E-state index >= 15 is 0 Å². The van der Waals surface area contributed by atoms with Gasteiger partial charge in [-0.2, -0.15) is 0 Å². The van der Waals surface area contributed by atoms with Gasteiger partial charge in [-0.05, 0) is 36.6 Å². The first-order valence-corrected chi connectivity index (χ1v) is 7.60. The highest BCUT2D eigenvalue weighted by Crippen LogP contribution is 2.32. The third kappa shape index (κ3) is 4.16. The van der Waals surface area contributed by atoms with Gasteiger partial charge in [0.1, 0.15) is 0 Å². The Labute approximate surface area is 148 Å². The first-order valence-electron chi connectivity index (χ1n) is 7.22. The fourth-order valence-electron chi connectivity index (χ4n) is 2.58. The highest BCUT2D eigenvalue weighted by atomic mass is 127. The molecule has 2 atom stereocenters. The number of hydrogen-bond donors (Lipinski definition) is 1. The summed E-state index contributed by atoms with van der Waals surface area (Å²) in [4.78, 5) is 9.14. The number of nitrogens with two attached hydrogens (primary N) is 1. The number of rotatable bonds is 2. The Morgan fingerprint density at radius 2 is 1.76 bits per heavy atom. The lowest BCUT2D eigenvalue weighted by atomic mass is 10.2. The minimum atomic E-state index is 0. The van der Waals surface area contributed by atoms with Gasteiger partial charge in [-0.15, -0.1) is 24.0 Å². The van der Waals surface area contributed by atoms with E-state index in [1.807, 2.05) is 12.1 Å². The van der Waals surface area contributed by atoms with E-state index in [0.717, 1.165) is 37.2 Å². The van der Waals surface area contributed by atoms with Crippen LogP contribution in [0.2, 0.25) is 5.02 Å². The van der Waals surface area contributed by atoms with Crippen LogP contribution >= 0.6 is 35.6 Å². The minimum Gasteiger partial charge on any atom is -0.370 e. The van der Waals surface area contributed by atoms with E-state index in [1.165, 1.54) is 12.1 Å². The summed E-state index contributed by atoms with van der Waals surface area (Å²) in [6.45, 7) is 6.02. The summed E-state index contributed by atoms with van der Waals surface area (Å²) >= 11 is 5.92. The lowest BCUT2D eigenvalue weighted by molar-refractivity contribution is 0.380. The Morgan fingerprint density at radius 1 is 1.19 bits per heavy atom. The Morgan fingerprint density at radius 3 is 2.29 bits per heavy atom. The van der Waals surface area contributed by atoms with E-state index in [2.05, 4.69) is 33.8 Å². The van der Waals surface area contributed by atoms with Gasteiger partial charge in [0.15, 0.2) is 5.96 Å². The molecule has 1 aromatic carbocycles. The summed E-state index contributed by atoms with van der Waals surface area (Å²) in [6, 6.07) is 8.48. The van der Waals surface area contributed by atoms with Gasteiger partial charge < -0.3 is 15.5 Å². The smallest absolute Gasteiger partial charge is 0.191 e. The predicted octanol–water partition coefficient (Wildman–Crippen LogP) is 2.80. The zero-order valence-corrected chi connectivity index (χ0v) is 15.3. The number of hydrogen-bond acceptors (Lipinski definition) is 2. The second kappa shape index (κ2) is 7.05. The van der Waals surface area contributed by atoms with Crippen LogP contribution in [-0.4, -0.2) is 43.1 Å². The van der Waals surface area contributed by atoms with Crippen molar-refractivity contribution in [3.05, 3.63) is 29.3 Å². The molecule has 4 nitrogen and oxygen atoms in total. The molecule has 0 aromatic heterocycles. The van der Waals surface area contributed by atoms with Gasteiger partial charge in [-0.1, -0.05) is 18.5 Å². The zero-order valence-electron chi connectivity index (χ0n) is 12.2. The first kappa shape index (κ1) is 16.7. The Kier molecular flexibility index (Phi) is 5.60. The molecule has 2 aliphatic rings. The second-order valence-electron chi connectivity index (χ2n) is 5.72. The Bertz CT molecular complexity index is 497. The summed E-state index contributed by atoms with van der Waals surface area (Å²) in [5.41, 5.74) is 7.32. The molecule has 1 aliphatic carbocycles. The molecule has 1 heterocycles. The molecule has 1 saturated heterocycles. The van der Waals surface area contributed by atoms with Crippen LogP contribution in [0.25, 0.3) is 0 Å². The average molecular weight is 421 g/mol. The maximum Gasteiger partial charge on any atom is 0.191 e. The van der Waals surface area contributed by atoms with Crippen LogP contribution in [-0.2, 0) is 0 Å². The average Bonchev–Trinajstić information content (AvgIpc) is 3.15. The molecule has 1 saturated carbocycles. The molecule has 0 radical (unpaired) electrons. The van der Waals surface area contributed by atoms with Gasteiger partial charge in [0.2, 0.25) is 0 Å². The van der Waals surface area contributed by atoms with Crippen LogP contribution in [0, 0.1) is 5.92 Å². The minimum absolute atomic E-state index is 0. The second-order valence-corrected chi connectivity index (χ2v) is 6.15. The Hall–Kier alpha value is -0.690. The summed E-state index contributed by atoms with van der Waals surface area (Å²) in [5.74, 6) is 1.43. The maximum atomic E-state index is 6.10. The number of aliphatic imine (C=N–C) groups is 1. The van der Waals surface area contributed by atoms with Gasteiger partial charge in [0.25, 0.3) is 0 Å². The number of nitrogens with zero attached hydrogens (tertiary/aromatic N) is 3. The van der Waals surface area contributed by atoms with E-state index in [4.69, 9.17) is 17.3 Å². The quantitative estimate of drug-likeness (QED) is 0.455. The first-order chi connectivity index (χ1) is 9.63. The largest absolute Gasteiger partial charge is 0.370 e. The van der Waals surface area contributed by atoms with E-state index in [0.29, 0.717) is 12.0 Å². The van der Waals surface area contributed by atoms with Crippen LogP contribution in [0.15, 0.2) is 29.3 Å². The van der Waals surface area contributed by atoms with Crippen LogP contribution in [0.5, 0.6) is 0 Å². The molecule has 0 spiro atoms. The zero-order chi connectivity index (χ0) is 14.1. The van der Waals surface area contributed by atoms with E-state index < -0.39 is 0 Å². The molecule has 0 amide bonds. The molecule has 6 heteroatoms. The third-order valence-corrected chi connectivity index (χ3v) is 4.41. The standard InChI is InChI=1S/C15H21ClN4.HI/c1-11-10-14(11)18-15(17)20-8-6-19(7-9-20)13-4-2-12(16)3-5-13;/h2-5,11,14H,6-10H2,1H3,(H2,17,18);1H. The molecule has 116 valence electrons. The fraction of sp³-hybridized carbons (Fsp3) is 0.533. The molecule has 2 N–H and O–H groups in total. The van der Waals surface area contributed by atoms with E-state index in [1.54, 1.807) is 0 Å². The fourth-order valence-corrected chi connectivity index (χ4v) is 2.71. The van der Waals surface area contributed by atoms with Gasteiger partial charge in [-0.25, -0.2) is 4.99 Å². The molecule has 2 fully saturated rings. The highest BCUT2D eigenvalue weighted by molar-refractivity contribution is 14.0. The van der Waals surface area contributed by atoms with Gasteiger partial charge >= 0.3 is 0 Å². The summed E-state index contributed by atoms with van der Waals surface area (Å²) in [5, 5.41) is 0.780. The molecule has 2 unspecified atom stereocenters. The normalized spacial score (nSPS) is 25.5. The molecular weight excluding hydrogens is 399 g/mol. The number of piperazine rings is 1. The van der Waals surface area contributed by atoms with E-state index in [-0.39, 0.29) is 24.0 Å². The molecule has 21 heavy (non-hydrogen) atoms. The van der Waals surface area contributed by atoms with Crippen molar-refractivity contribution in [2.24, 2.45) is 16.6 Å². The maximum absolute atomic E-state index is 6.10. The van der Waals surface area contributed by atoms with Crippen molar-refractivity contribution in [1.82, 2.24) is 4.90 Å². The van der Waals surface area contributed by atoms with Crippen LogP contribution in [0.4, 0.5) is 5.69 Å². The van der Waals surface area contributed by atoms with Crippen molar-refractivity contribution in [1.29, 1.82) is 0 Å². The SMILES string of the molecule is CC1CC1N=C(N)N1CCN(c2ccc(Cl)cc2)CC1.I. The number of anilines is 1. The monoisotopic (exact) mass is 420 g/mol. The van der Waals surface area contributed by atoms with Crippen molar-refractivity contribution in [2.75, 3.05) is 31.1 Å². The molecule has 3 rings (SSSR count). The van der Waals surface area contributed by atoms with Crippen LogP contribution in [0.1, 0.15) is 13.3 Å². The van der Waals surface area contributed by atoms with Gasteiger partial charge in [-0.3, -0.25) is 0 Å². The third-order valence-electron chi connectivity index (χ3n) is 4.16. The van der Waals surface area contributed by atoms with Gasteiger partial charge in [0.05, 0.1) is 6.04 Å². The number of halogens is 2. The lowest BCUT2D eigenvalue weighted by Crippen LogP contribution is -2.51. The Balaban J connectivity index is 0.00000161. The van der Waals surface area contributed by atoms with Gasteiger partial charge in [0, 0.05) is 36.9 Å². The van der Waals surface area contributed by atoms with Crippen molar-refractivity contribution >= 4 is 47.2 Å². The summed E-state index contributed by atoms with van der Waals surface area (Å²) in [6.07, 6.45) is 1.19. The predicted molar refractivity (Wildman–Crippen MR) is 99.8 cm³/mol. The summed E-state index contributed by atoms with van der Waals surface area (Å²) in [7, 11) is 0. The number of guanidine groups is 1. The molecule has 1 aliphatic heterocycles. The van der Waals surface area contributed by atoms with Crippen molar-refractivity contribution in [2.45, 2.75) is 19.4 Å². The summed E-state index contributed by atoms with van der Waals surface area (Å²) < 4.78 is 0. The molecule has 1 aromatic rings.